The van der Waals surface area contributed by atoms with Gasteiger partial charge in [0.1, 0.15) is 11.6 Å². The molecule has 0 saturated heterocycles. The molecule has 160 valence electrons. The molecule has 9 nitrogen and oxygen atoms in total. The predicted octanol–water partition coefficient (Wildman–Crippen LogP) is 3.81. The zero-order chi connectivity index (χ0) is 22.4. The molecule has 1 amide bonds. The molecule has 31 heavy (non-hydrogen) atoms. The van der Waals surface area contributed by atoms with Crippen molar-refractivity contribution in [1.29, 1.82) is 0 Å². The Balaban J connectivity index is 1.53. The Morgan fingerprint density at radius 3 is 2.77 bits per heavy atom. The number of nitrogens with one attached hydrogen (secondary N) is 1. The summed E-state index contributed by atoms with van der Waals surface area (Å²) in [7, 11) is 0. The molecule has 0 aliphatic rings. The van der Waals surface area contributed by atoms with E-state index in [-0.39, 0.29) is 16.6 Å². The minimum Gasteiger partial charge on any atom is -0.482 e. The van der Waals surface area contributed by atoms with E-state index in [0.717, 1.165) is 17.4 Å². The zero-order valence-electron chi connectivity index (χ0n) is 16.1. The van der Waals surface area contributed by atoms with Crippen LogP contribution in [-0.2, 0) is 14.3 Å². The van der Waals surface area contributed by atoms with Gasteiger partial charge < -0.3 is 9.47 Å². The molecule has 1 heterocycles. The summed E-state index contributed by atoms with van der Waals surface area (Å²) in [5, 5.41) is 15.3. The number of aromatic nitrogens is 1. The van der Waals surface area contributed by atoms with Gasteiger partial charge in [0.15, 0.2) is 17.8 Å². The van der Waals surface area contributed by atoms with Gasteiger partial charge in [-0.15, -0.1) is 11.3 Å². The monoisotopic (exact) mass is 445 g/mol. The van der Waals surface area contributed by atoms with Crippen molar-refractivity contribution < 1.29 is 28.4 Å². The third kappa shape index (κ3) is 6.06. The summed E-state index contributed by atoms with van der Waals surface area (Å²) in [5.41, 5.74) is 0.911. The van der Waals surface area contributed by atoms with Gasteiger partial charge >= 0.3 is 5.97 Å². The van der Waals surface area contributed by atoms with Crippen molar-refractivity contribution in [2.45, 2.75) is 13.0 Å². The highest BCUT2D eigenvalue weighted by Gasteiger charge is 2.20. The van der Waals surface area contributed by atoms with Crippen molar-refractivity contribution in [2.24, 2.45) is 0 Å². The second-order valence-corrected chi connectivity index (χ2v) is 7.07. The summed E-state index contributed by atoms with van der Waals surface area (Å²) in [6.07, 6.45) is -1.13. The van der Waals surface area contributed by atoms with Crippen LogP contribution in [-0.4, -0.2) is 34.5 Å². The summed E-state index contributed by atoms with van der Waals surface area (Å²) in [6, 6.07) is 11.2. The number of rotatable bonds is 8. The number of halogens is 1. The van der Waals surface area contributed by atoms with Crippen LogP contribution in [0.2, 0.25) is 0 Å². The van der Waals surface area contributed by atoms with Crippen LogP contribution in [0, 0.1) is 15.9 Å². The summed E-state index contributed by atoms with van der Waals surface area (Å²) in [6.45, 7) is 0.889. The highest BCUT2D eigenvalue weighted by atomic mass is 32.1. The van der Waals surface area contributed by atoms with Crippen LogP contribution in [0.15, 0.2) is 53.9 Å². The van der Waals surface area contributed by atoms with Gasteiger partial charge in [0.25, 0.3) is 11.6 Å². The van der Waals surface area contributed by atoms with Gasteiger partial charge in [0.05, 0.1) is 10.6 Å². The lowest BCUT2D eigenvalue weighted by atomic mass is 10.1. The second kappa shape index (κ2) is 9.76. The van der Waals surface area contributed by atoms with Crippen molar-refractivity contribution in [3.05, 3.63) is 69.8 Å². The number of amides is 1. The molecule has 0 bridgehead atoms. The molecule has 1 aromatic heterocycles. The van der Waals surface area contributed by atoms with Crippen molar-refractivity contribution >= 4 is 34.0 Å². The highest BCUT2D eigenvalue weighted by Crippen LogP contribution is 2.27. The number of hydrogen-bond acceptors (Lipinski definition) is 8. The largest absolute Gasteiger partial charge is 0.482 e. The molecule has 0 radical (unpaired) electrons. The van der Waals surface area contributed by atoms with Gasteiger partial charge in [0.2, 0.25) is 0 Å². The molecule has 0 aliphatic carbocycles. The van der Waals surface area contributed by atoms with E-state index in [1.54, 1.807) is 17.5 Å². The molecule has 0 fully saturated rings. The van der Waals surface area contributed by atoms with E-state index in [9.17, 15) is 24.1 Å². The fraction of sp³-hybridized carbons (Fsp3) is 0.150. The number of nitro groups is 1. The van der Waals surface area contributed by atoms with Crippen molar-refractivity contribution in [1.82, 2.24) is 4.98 Å². The average Bonchev–Trinajstić information content (AvgIpc) is 3.21. The highest BCUT2D eigenvalue weighted by molar-refractivity contribution is 7.14. The summed E-state index contributed by atoms with van der Waals surface area (Å²) >= 11 is 1.12. The van der Waals surface area contributed by atoms with E-state index in [0.29, 0.717) is 11.3 Å². The van der Waals surface area contributed by atoms with E-state index in [2.05, 4.69) is 10.3 Å². The first-order valence-electron chi connectivity index (χ1n) is 8.91. The van der Waals surface area contributed by atoms with E-state index in [4.69, 9.17) is 9.47 Å². The second-order valence-electron chi connectivity index (χ2n) is 6.21. The number of hydrogen-bond donors (Lipinski definition) is 1. The lowest BCUT2D eigenvalue weighted by Crippen LogP contribution is -2.31. The number of thiazole rings is 1. The molecule has 3 aromatic rings. The Morgan fingerprint density at radius 2 is 2.03 bits per heavy atom. The van der Waals surface area contributed by atoms with Crippen LogP contribution < -0.4 is 10.1 Å². The lowest BCUT2D eigenvalue weighted by Gasteiger charge is -2.12. The molecule has 0 spiro atoms. The molecule has 11 heteroatoms. The molecule has 1 unspecified atom stereocenters. The Labute approximate surface area is 179 Å². The van der Waals surface area contributed by atoms with Gasteiger partial charge in [-0.1, -0.05) is 18.2 Å². The van der Waals surface area contributed by atoms with E-state index >= 15 is 0 Å². The van der Waals surface area contributed by atoms with Crippen LogP contribution in [0.4, 0.5) is 15.2 Å². The van der Waals surface area contributed by atoms with Gasteiger partial charge in [0, 0.05) is 29.1 Å². The Bertz CT molecular complexity index is 1120. The van der Waals surface area contributed by atoms with Crippen LogP contribution in [0.25, 0.3) is 11.3 Å². The van der Waals surface area contributed by atoms with E-state index in [1.807, 2.05) is 0 Å². The quantitative estimate of drug-likeness (QED) is 0.318. The van der Waals surface area contributed by atoms with Crippen LogP contribution in [0.5, 0.6) is 5.75 Å². The molecule has 0 aliphatic heterocycles. The van der Waals surface area contributed by atoms with Crippen molar-refractivity contribution in [2.75, 3.05) is 11.9 Å². The summed E-state index contributed by atoms with van der Waals surface area (Å²) in [4.78, 5) is 38.7. The number of benzene rings is 2. The number of anilines is 1. The standard InChI is InChI=1S/C20H16FN3O6S/c1-12(30-18(25)10-29-16-7-3-5-14(21)9-16)19(26)23-20-22-17(11-31-20)13-4-2-6-15(8-13)24(27)28/h2-9,11-12H,10H2,1H3,(H,22,23,26). The Hall–Kier alpha value is -3.86. The average molecular weight is 445 g/mol. The summed E-state index contributed by atoms with van der Waals surface area (Å²) < 4.78 is 23.2. The third-order valence-electron chi connectivity index (χ3n) is 3.92. The Kier molecular flexibility index (Phi) is 6.88. The fourth-order valence-electron chi connectivity index (χ4n) is 2.43. The smallest absolute Gasteiger partial charge is 0.344 e. The third-order valence-corrected chi connectivity index (χ3v) is 4.67. The number of non-ortho nitro benzene ring substituents is 1. The van der Waals surface area contributed by atoms with Crippen LogP contribution in [0.3, 0.4) is 0 Å². The fourth-order valence-corrected chi connectivity index (χ4v) is 3.16. The number of nitrogens with zero attached hydrogens (tertiary/aromatic N) is 2. The molecular formula is C20H16FN3O6S. The molecular weight excluding hydrogens is 429 g/mol. The zero-order valence-corrected chi connectivity index (χ0v) is 16.9. The number of ether oxygens (including phenoxy) is 2. The molecule has 3 rings (SSSR count). The van der Waals surface area contributed by atoms with E-state index in [1.165, 1.54) is 37.3 Å². The van der Waals surface area contributed by atoms with Crippen molar-refractivity contribution in [3.63, 3.8) is 0 Å². The maximum absolute atomic E-state index is 13.1. The van der Waals surface area contributed by atoms with Crippen LogP contribution >= 0.6 is 11.3 Å². The number of carbonyl (C=O) groups is 2. The minimum atomic E-state index is -1.13. The maximum atomic E-state index is 13.1. The van der Waals surface area contributed by atoms with Gasteiger partial charge in [-0.05, 0) is 19.1 Å². The van der Waals surface area contributed by atoms with Gasteiger partial charge in [-0.2, -0.15) is 0 Å². The molecule has 1 atom stereocenters. The lowest BCUT2D eigenvalue weighted by molar-refractivity contribution is -0.384. The first-order valence-corrected chi connectivity index (χ1v) is 9.79. The first kappa shape index (κ1) is 21.8. The number of nitro benzene ring substituents is 1. The van der Waals surface area contributed by atoms with Crippen molar-refractivity contribution in [3.8, 4) is 17.0 Å². The maximum Gasteiger partial charge on any atom is 0.344 e. The number of carbonyl (C=O) groups excluding carboxylic acids is 2. The summed E-state index contributed by atoms with van der Waals surface area (Å²) in [5.74, 6) is -1.76. The minimum absolute atomic E-state index is 0.0721. The first-order chi connectivity index (χ1) is 14.8. The molecule has 2 aromatic carbocycles. The molecule has 0 saturated carbocycles. The SMILES string of the molecule is CC(OC(=O)COc1cccc(F)c1)C(=O)Nc1nc(-c2cccc([N+](=O)[O-])c2)cs1. The topological polar surface area (TPSA) is 121 Å². The van der Waals surface area contributed by atoms with Crippen LogP contribution in [0.1, 0.15) is 6.92 Å². The van der Waals surface area contributed by atoms with E-state index < -0.39 is 35.3 Å². The Morgan fingerprint density at radius 1 is 1.26 bits per heavy atom. The molecule has 1 N–H and O–H groups in total. The van der Waals surface area contributed by atoms with Gasteiger partial charge in [-0.3, -0.25) is 20.2 Å². The van der Waals surface area contributed by atoms with Gasteiger partial charge in [-0.25, -0.2) is 14.2 Å². The number of esters is 1. The predicted molar refractivity (Wildman–Crippen MR) is 110 cm³/mol. The normalized spacial score (nSPS) is 11.4.